The van der Waals surface area contributed by atoms with Gasteiger partial charge in [0.15, 0.2) is 0 Å². The van der Waals surface area contributed by atoms with Gasteiger partial charge in [-0.3, -0.25) is 0 Å². The van der Waals surface area contributed by atoms with E-state index in [1.54, 1.807) is 0 Å². The Balaban J connectivity index is -0.0000000733. The van der Waals surface area contributed by atoms with Crippen LogP contribution in [0.3, 0.4) is 0 Å². The van der Waals surface area contributed by atoms with Crippen LogP contribution in [0.1, 0.15) is 13.8 Å². The molecule has 0 aliphatic heterocycles. The van der Waals surface area contributed by atoms with E-state index in [1.807, 2.05) is 13.8 Å². The van der Waals surface area contributed by atoms with Crippen LogP contribution in [0.25, 0.3) is 0 Å². The third kappa shape index (κ3) is 55.1. The van der Waals surface area contributed by atoms with Crippen LogP contribution in [-0.2, 0) is 9.59 Å². The second-order valence-electron chi connectivity index (χ2n) is 2.22. The van der Waals surface area contributed by atoms with Crippen LogP contribution in [0, 0.1) is 0 Å². The van der Waals surface area contributed by atoms with Gasteiger partial charge in [0, 0.05) is 12.2 Å². The Morgan fingerprint density at radius 1 is 1.00 bits per heavy atom. The number of carbonyl (C=O) groups is 2. The molecule has 0 unspecified atom stereocenters. The van der Waals surface area contributed by atoms with Crippen molar-refractivity contribution in [2.24, 2.45) is 0 Å². The molecular weight excluding hydrogens is 206 g/mol. The van der Waals surface area contributed by atoms with Crippen LogP contribution >= 0.6 is 0 Å². The quantitative estimate of drug-likeness (QED) is 0.390. The molecule has 6 heteroatoms. The van der Waals surface area contributed by atoms with E-state index in [0.29, 0.717) is 12.2 Å². The predicted molar refractivity (Wildman–Crippen MR) is 59.2 cm³/mol. The van der Waals surface area contributed by atoms with E-state index in [0.717, 1.165) is 0 Å². The first-order valence-electron chi connectivity index (χ1n) is 3.12. The van der Waals surface area contributed by atoms with Gasteiger partial charge >= 0.3 is 71.1 Å². The molecule has 0 aliphatic carbocycles. The molecule has 0 fully saturated rings. The molecule has 2 N–H and O–H groups in total. The summed E-state index contributed by atoms with van der Waals surface area (Å²) in [6.07, 6.45) is 1.12. The summed E-state index contributed by atoms with van der Waals surface area (Å²) in [5.74, 6) is -2.51. The van der Waals surface area contributed by atoms with Gasteiger partial charge in [0.05, 0.1) is 0 Å². The van der Waals surface area contributed by atoms with E-state index >= 15 is 0 Å². The average molecular weight is 220 g/mol. The van der Waals surface area contributed by atoms with Crippen molar-refractivity contribution in [2.45, 2.75) is 13.8 Å². The fourth-order valence-electron chi connectivity index (χ4n) is 0.143. The maximum absolute atomic E-state index is 9.55. The second kappa shape index (κ2) is 15.9. The van der Waals surface area contributed by atoms with E-state index in [-0.39, 0.29) is 59.1 Å². The number of carboxylic acid groups (broad SMARTS) is 2. The first-order chi connectivity index (χ1) is 5.36. The topological polar surface area (TPSA) is 74.6 Å². The van der Waals surface area contributed by atoms with Crippen LogP contribution in [0.4, 0.5) is 0 Å². The number of carboxylic acids is 2. The van der Waals surface area contributed by atoms with Crippen LogP contribution in [0.15, 0.2) is 24.3 Å². The number of hydrogen-bond donors (Lipinski definition) is 2. The second-order valence-corrected chi connectivity index (χ2v) is 2.22. The molecule has 0 aromatic heterocycles. The van der Waals surface area contributed by atoms with Gasteiger partial charge in [-0.15, -0.1) is 6.58 Å². The molecule has 0 amide bonds. The normalized spacial score (nSPS) is 7.29. The first kappa shape index (κ1) is 23.9. The SMILES string of the molecule is C=C(C)C.O=C(O)/C=C\C(=O)O.[NaH].[NaH]. The van der Waals surface area contributed by atoms with Crippen molar-refractivity contribution in [3.63, 3.8) is 0 Å². The summed E-state index contributed by atoms with van der Waals surface area (Å²) < 4.78 is 0. The molecule has 0 radical (unpaired) electrons. The van der Waals surface area contributed by atoms with E-state index in [2.05, 4.69) is 6.58 Å². The van der Waals surface area contributed by atoms with Crippen LogP contribution < -0.4 is 0 Å². The number of hydrogen-bond acceptors (Lipinski definition) is 2. The van der Waals surface area contributed by atoms with E-state index in [1.165, 1.54) is 5.57 Å². The standard InChI is InChI=1S/C4H4O4.C4H8.2Na.2H/c5-3(6)1-2-4(7)8;1-4(2)3;;;;/h1-2H,(H,5,6)(H,7,8);1H2,2-3H3;;;;/b2-1-;;;;;. The third-order valence-electron chi connectivity index (χ3n) is 0.368. The molecule has 14 heavy (non-hydrogen) atoms. The van der Waals surface area contributed by atoms with Gasteiger partial charge in [0.1, 0.15) is 0 Å². The molecule has 0 rings (SSSR count). The zero-order valence-corrected chi connectivity index (χ0v) is 7.07. The molecule has 0 heterocycles. The van der Waals surface area contributed by atoms with Crippen molar-refractivity contribution >= 4 is 71.1 Å². The van der Waals surface area contributed by atoms with Gasteiger partial charge in [-0.2, -0.15) is 0 Å². The van der Waals surface area contributed by atoms with E-state index < -0.39 is 11.9 Å². The molecular formula is C8H14Na2O4. The molecule has 0 spiro atoms. The number of aliphatic carboxylic acids is 2. The molecule has 0 saturated carbocycles. The molecule has 0 atom stereocenters. The number of rotatable bonds is 2. The summed E-state index contributed by atoms with van der Waals surface area (Å²) in [5, 5.41) is 15.6. The summed E-state index contributed by atoms with van der Waals surface area (Å²) in [6, 6.07) is 0. The zero-order chi connectivity index (χ0) is 10.1. The number of allylic oxidation sites excluding steroid dienone is 1. The van der Waals surface area contributed by atoms with Gasteiger partial charge in [-0.25, -0.2) is 9.59 Å². The van der Waals surface area contributed by atoms with Gasteiger partial charge in [-0.05, 0) is 13.8 Å². The Bertz CT molecular complexity index is 191. The fourth-order valence-corrected chi connectivity index (χ4v) is 0.143. The molecule has 72 valence electrons. The van der Waals surface area contributed by atoms with Crippen molar-refractivity contribution in [3.8, 4) is 0 Å². The molecule has 0 bridgehead atoms. The monoisotopic (exact) mass is 220 g/mol. The Morgan fingerprint density at radius 3 is 1.21 bits per heavy atom. The first-order valence-corrected chi connectivity index (χ1v) is 3.12. The van der Waals surface area contributed by atoms with Crippen molar-refractivity contribution in [1.29, 1.82) is 0 Å². The molecule has 4 nitrogen and oxygen atoms in total. The Labute approximate surface area is 128 Å². The Morgan fingerprint density at radius 2 is 1.14 bits per heavy atom. The van der Waals surface area contributed by atoms with Crippen LogP contribution in [-0.4, -0.2) is 81.3 Å². The van der Waals surface area contributed by atoms with Crippen molar-refractivity contribution < 1.29 is 19.8 Å². The average Bonchev–Trinajstić information content (AvgIpc) is 1.82. The summed E-state index contributed by atoms with van der Waals surface area (Å²) in [4.78, 5) is 19.1. The summed E-state index contributed by atoms with van der Waals surface area (Å²) >= 11 is 0. The summed E-state index contributed by atoms with van der Waals surface area (Å²) in [6.45, 7) is 7.50. The molecule has 0 aromatic carbocycles. The van der Waals surface area contributed by atoms with E-state index in [9.17, 15) is 9.59 Å². The van der Waals surface area contributed by atoms with E-state index in [4.69, 9.17) is 10.2 Å². The van der Waals surface area contributed by atoms with Crippen molar-refractivity contribution in [2.75, 3.05) is 0 Å². The molecule has 0 saturated heterocycles. The van der Waals surface area contributed by atoms with Crippen molar-refractivity contribution in [1.82, 2.24) is 0 Å². The zero-order valence-electron chi connectivity index (χ0n) is 7.07. The minimum atomic E-state index is -1.26. The predicted octanol–water partition coefficient (Wildman–Crippen LogP) is -0.00280. The maximum atomic E-state index is 9.55. The Kier molecular flexibility index (Phi) is 27.1. The van der Waals surface area contributed by atoms with Crippen molar-refractivity contribution in [3.05, 3.63) is 24.3 Å². The minimum absolute atomic E-state index is 0. The van der Waals surface area contributed by atoms with Crippen LogP contribution in [0.5, 0.6) is 0 Å². The van der Waals surface area contributed by atoms with Gasteiger partial charge in [0.2, 0.25) is 0 Å². The fraction of sp³-hybridized carbons (Fsp3) is 0.250. The molecule has 0 aromatic rings. The third-order valence-corrected chi connectivity index (χ3v) is 0.368. The summed E-state index contributed by atoms with van der Waals surface area (Å²) in [5.41, 5.74) is 1.17. The molecule has 0 aliphatic rings. The van der Waals surface area contributed by atoms with Crippen LogP contribution in [0.2, 0.25) is 0 Å². The van der Waals surface area contributed by atoms with Gasteiger partial charge < -0.3 is 10.2 Å². The summed E-state index contributed by atoms with van der Waals surface area (Å²) in [7, 11) is 0. The van der Waals surface area contributed by atoms with Gasteiger partial charge in [0.25, 0.3) is 0 Å². The van der Waals surface area contributed by atoms with Gasteiger partial charge in [-0.1, -0.05) is 5.57 Å². The Hall–Kier alpha value is 0.420.